The molecular formula is C22H21F3N2O2. The van der Waals surface area contributed by atoms with Crippen molar-refractivity contribution in [1.29, 1.82) is 0 Å². The van der Waals surface area contributed by atoms with E-state index in [9.17, 15) is 22.8 Å². The van der Waals surface area contributed by atoms with Gasteiger partial charge < -0.3 is 10.2 Å². The molecule has 0 aliphatic carbocycles. The van der Waals surface area contributed by atoms with Crippen LogP contribution in [-0.2, 0) is 28.6 Å². The summed E-state index contributed by atoms with van der Waals surface area (Å²) < 4.78 is 37.6. The van der Waals surface area contributed by atoms with Gasteiger partial charge >= 0.3 is 6.18 Å². The Hall–Kier alpha value is -3.09. The number of anilines is 1. The Morgan fingerprint density at radius 1 is 1.03 bits per heavy atom. The average molecular weight is 402 g/mol. The van der Waals surface area contributed by atoms with Crippen molar-refractivity contribution in [2.75, 3.05) is 18.0 Å². The molecule has 0 radical (unpaired) electrons. The van der Waals surface area contributed by atoms with E-state index in [1.807, 2.05) is 24.3 Å². The summed E-state index contributed by atoms with van der Waals surface area (Å²) in [4.78, 5) is 26.0. The number of benzene rings is 2. The topological polar surface area (TPSA) is 49.4 Å². The fraction of sp³-hybridized carbons (Fsp3) is 0.273. The van der Waals surface area contributed by atoms with Gasteiger partial charge in [-0.25, -0.2) is 0 Å². The van der Waals surface area contributed by atoms with Gasteiger partial charge in [0.15, 0.2) is 0 Å². The van der Waals surface area contributed by atoms with Crippen molar-refractivity contribution in [1.82, 2.24) is 5.32 Å². The predicted molar refractivity (Wildman–Crippen MR) is 104 cm³/mol. The fourth-order valence-electron chi connectivity index (χ4n) is 3.25. The van der Waals surface area contributed by atoms with Gasteiger partial charge in [-0.2, -0.15) is 13.2 Å². The van der Waals surface area contributed by atoms with Crippen LogP contribution in [0.2, 0.25) is 0 Å². The highest BCUT2D eigenvalue weighted by atomic mass is 19.4. The van der Waals surface area contributed by atoms with Crippen LogP contribution >= 0.6 is 0 Å². The Bertz CT molecular complexity index is 905. The second-order valence-electron chi connectivity index (χ2n) is 6.79. The van der Waals surface area contributed by atoms with Gasteiger partial charge in [0, 0.05) is 30.9 Å². The van der Waals surface area contributed by atoms with E-state index in [-0.39, 0.29) is 12.5 Å². The molecule has 2 aromatic rings. The minimum Gasteiger partial charge on any atom is -0.352 e. The lowest BCUT2D eigenvalue weighted by molar-refractivity contribution is -0.137. The number of para-hydroxylation sites is 1. The summed E-state index contributed by atoms with van der Waals surface area (Å²) in [6.45, 7) is 0.866. The monoisotopic (exact) mass is 402 g/mol. The number of carbonyl (C=O) groups excluding carboxylic acids is 2. The molecule has 3 rings (SSSR count). The molecule has 152 valence electrons. The van der Waals surface area contributed by atoms with E-state index < -0.39 is 17.6 Å². The number of aryl methyl sites for hydroxylation is 1. The van der Waals surface area contributed by atoms with Gasteiger partial charge in [-0.05, 0) is 48.6 Å². The number of hydrogen-bond acceptors (Lipinski definition) is 2. The third-order valence-corrected chi connectivity index (χ3v) is 4.75. The van der Waals surface area contributed by atoms with Crippen molar-refractivity contribution in [3.8, 4) is 0 Å². The van der Waals surface area contributed by atoms with E-state index in [1.165, 1.54) is 24.3 Å². The molecule has 1 N–H and O–H groups in total. The Balaban J connectivity index is 1.48. The molecule has 7 heteroatoms. The molecule has 0 aromatic heterocycles. The molecule has 0 unspecified atom stereocenters. The summed E-state index contributed by atoms with van der Waals surface area (Å²) in [6, 6.07) is 12.5. The van der Waals surface area contributed by atoms with E-state index in [1.54, 1.807) is 4.90 Å². The number of hydrogen-bond donors (Lipinski definition) is 1. The number of alkyl halides is 3. The minimum atomic E-state index is -4.36. The summed E-state index contributed by atoms with van der Waals surface area (Å²) in [6.07, 6.45) is 0.260. The Labute approximate surface area is 167 Å². The van der Waals surface area contributed by atoms with Gasteiger partial charge in [-0.3, -0.25) is 9.59 Å². The van der Waals surface area contributed by atoms with Crippen molar-refractivity contribution in [2.24, 2.45) is 0 Å². The normalized spacial score (nSPS) is 14.0. The first-order valence-corrected chi connectivity index (χ1v) is 9.36. The molecule has 0 fully saturated rings. The van der Waals surface area contributed by atoms with Crippen LogP contribution in [0.1, 0.15) is 23.1 Å². The lowest BCUT2D eigenvalue weighted by Gasteiger charge is -2.28. The number of rotatable bonds is 5. The van der Waals surface area contributed by atoms with Crippen molar-refractivity contribution < 1.29 is 22.8 Å². The van der Waals surface area contributed by atoms with Gasteiger partial charge in [0.05, 0.1) is 5.56 Å². The maximum atomic E-state index is 12.5. The first-order valence-electron chi connectivity index (χ1n) is 9.36. The summed E-state index contributed by atoms with van der Waals surface area (Å²) in [5.41, 5.74) is 1.96. The third-order valence-electron chi connectivity index (χ3n) is 4.75. The Morgan fingerprint density at radius 2 is 1.76 bits per heavy atom. The quantitative estimate of drug-likeness (QED) is 0.772. The summed E-state index contributed by atoms with van der Waals surface area (Å²) in [7, 11) is 0. The van der Waals surface area contributed by atoms with E-state index in [2.05, 4.69) is 5.32 Å². The standard InChI is InChI=1S/C22H21F3N2O2/c23-22(24,25)18-9-7-16(8-10-18)13-14-26-20(28)11-12-21(29)27-15-3-5-17-4-1-2-6-19(17)27/h1-2,4,6-12H,3,5,13-15H2,(H,26,28)/b12-11+. The van der Waals surface area contributed by atoms with Gasteiger partial charge in [-0.1, -0.05) is 30.3 Å². The van der Waals surface area contributed by atoms with Crippen molar-refractivity contribution in [3.05, 3.63) is 77.4 Å². The lowest BCUT2D eigenvalue weighted by Crippen LogP contribution is -2.34. The summed E-state index contributed by atoms with van der Waals surface area (Å²) >= 11 is 0. The highest BCUT2D eigenvalue weighted by Gasteiger charge is 2.29. The van der Waals surface area contributed by atoms with Gasteiger partial charge in [0.1, 0.15) is 0 Å². The molecule has 0 bridgehead atoms. The van der Waals surface area contributed by atoms with Crippen molar-refractivity contribution >= 4 is 17.5 Å². The average Bonchev–Trinajstić information content (AvgIpc) is 2.71. The highest BCUT2D eigenvalue weighted by molar-refractivity contribution is 6.05. The number of halogens is 3. The molecule has 1 aliphatic heterocycles. The third kappa shape index (κ3) is 5.47. The molecule has 0 saturated carbocycles. The van der Waals surface area contributed by atoms with E-state index in [4.69, 9.17) is 0 Å². The molecule has 1 heterocycles. The van der Waals surface area contributed by atoms with Crippen molar-refractivity contribution in [3.63, 3.8) is 0 Å². The van der Waals surface area contributed by atoms with Crippen LogP contribution in [0.25, 0.3) is 0 Å². The van der Waals surface area contributed by atoms with E-state index >= 15 is 0 Å². The fourth-order valence-corrected chi connectivity index (χ4v) is 3.25. The van der Waals surface area contributed by atoms with E-state index in [0.29, 0.717) is 18.5 Å². The second kappa shape index (κ2) is 8.94. The Kier molecular flexibility index (Phi) is 6.36. The maximum Gasteiger partial charge on any atom is 0.416 e. The zero-order valence-electron chi connectivity index (χ0n) is 15.7. The second-order valence-corrected chi connectivity index (χ2v) is 6.79. The number of fused-ring (bicyclic) bond motifs is 1. The molecule has 2 amide bonds. The van der Waals surface area contributed by atoms with Crippen molar-refractivity contribution in [2.45, 2.75) is 25.4 Å². The molecule has 0 atom stereocenters. The molecule has 0 saturated heterocycles. The number of nitrogens with one attached hydrogen (secondary N) is 1. The van der Waals surface area contributed by atoms with Crippen LogP contribution in [0.5, 0.6) is 0 Å². The number of carbonyl (C=O) groups is 2. The minimum absolute atomic E-state index is 0.255. The highest BCUT2D eigenvalue weighted by Crippen LogP contribution is 2.29. The SMILES string of the molecule is O=C(/C=C/C(=O)N1CCCc2ccccc21)NCCc1ccc(C(F)(F)F)cc1. The molecule has 0 spiro atoms. The molecule has 1 aliphatic rings. The van der Waals surface area contributed by atoms with Gasteiger partial charge in [0.2, 0.25) is 5.91 Å². The number of nitrogens with zero attached hydrogens (tertiary/aromatic N) is 1. The van der Waals surface area contributed by atoms with Crippen LogP contribution in [0, 0.1) is 0 Å². The largest absolute Gasteiger partial charge is 0.416 e. The molecule has 29 heavy (non-hydrogen) atoms. The molecular weight excluding hydrogens is 381 g/mol. The van der Waals surface area contributed by atoms with Crippen LogP contribution in [0.4, 0.5) is 18.9 Å². The van der Waals surface area contributed by atoms with E-state index in [0.717, 1.165) is 36.2 Å². The van der Waals surface area contributed by atoms with Crippen LogP contribution in [-0.4, -0.2) is 24.9 Å². The lowest BCUT2D eigenvalue weighted by atomic mass is 10.0. The number of amides is 2. The van der Waals surface area contributed by atoms with Gasteiger partial charge in [0.25, 0.3) is 5.91 Å². The summed E-state index contributed by atoms with van der Waals surface area (Å²) in [5, 5.41) is 2.63. The zero-order valence-corrected chi connectivity index (χ0v) is 15.7. The smallest absolute Gasteiger partial charge is 0.352 e. The Morgan fingerprint density at radius 3 is 2.48 bits per heavy atom. The maximum absolute atomic E-state index is 12.5. The first kappa shape index (κ1) is 20.6. The van der Waals surface area contributed by atoms with Crippen LogP contribution < -0.4 is 10.2 Å². The van der Waals surface area contributed by atoms with Crippen LogP contribution in [0.3, 0.4) is 0 Å². The molecule has 2 aromatic carbocycles. The van der Waals surface area contributed by atoms with Gasteiger partial charge in [-0.15, -0.1) is 0 Å². The predicted octanol–water partition coefficient (Wildman–Crippen LogP) is 3.90. The molecule has 4 nitrogen and oxygen atoms in total. The summed E-state index contributed by atoms with van der Waals surface area (Å²) in [5.74, 6) is -0.675. The first-order chi connectivity index (χ1) is 13.8. The van der Waals surface area contributed by atoms with Crippen LogP contribution in [0.15, 0.2) is 60.7 Å². The zero-order chi connectivity index (χ0) is 20.9.